The van der Waals surface area contributed by atoms with Gasteiger partial charge in [-0.25, -0.2) is 13.1 Å². The monoisotopic (exact) mass is 391 g/mol. The van der Waals surface area contributed by atoms with Crippen LogP contribution in [-0.2, 0) is 6.54 Å². The molecule has 1 atom stereocenters. The highest BCUT2D eigenvalue weighted by Crippen LogP contribution is 2.32. The number of hydrogen-bond donors (Lipinski definition) is 1. The Hall–Kier alpha value is -1.67. The Labute approximate surface area is 161 Å². The maximum absolute atomic E-state index is 13.8. The molecule has 1 saturated heterocycles. The third-order valence-electron chi connectivity index (χ3n) is 5.00. The van der Waals surface area contributed by atoms with E-state index in [2.05, 4.69) is 16.3 Å². The van der Waals surface area contributed by atoms with E-state index < -0.39 is 5.60 Å². The number of β-amino-alcohol motifs (C(OH)–C–C–N with tert-alkyl or cyclic N) is 1. The van der Waals surface area contributed by atoms with Crippen molar-refractivity contribution in [2.75, 3.05) is 32.6 Å². The van der Waals surface area contributed by atoms with Crippen LogP contribution in [0.1, 0.15) is 6.92 Å². The summed E-state index contributed by atoms with van der Waals surface area (Å²) in [5.41, 5.74) is 0.608. The van der Waals surface area contributed by atoms with Crippen molar-refractivity contribution in [2.45, 2.75) is 19.1 Å². The fourth-order valence-corrected chi connectivity index (χ4v) is 4.78. The second-order valence-electron chi connectivity index (χ2n) is 7.61. The molecule has 4 rings (SSSR count). The van der Waals surface area contributed by atoms with Crippen LogP contribution in [0.25, 0.3) is 21.8 Å². The van der Waals surface area contributed by atoms with Crippen LogP contribution in [0.3, 0.4) is 0 Å². The molecule has 7 heteroatoms. The van der Waals surface area contributed by atoms with Crippen LogP contribution >= 0.6 is 11.9 Å². The van der Waals surface area contributed by atoms with E-state index in [0.717, 1.165) is 30.0 Å². The normalized spacial score (nSPS) is 19.0. The summed E-state index contributed by atoms with van der Waals surface area (Å²) in [6.07, 6.45) is 0. The number of halogens is 2. The van der Waals surface area contributed by atoms with Gasteiger partial charge in [-0.2, -0.15) is 0 Å². The van der Waals surface area contributed by atoms with Crippen molar-refractivity contribution in [1.29, 1.82) is 0 Å². The van der Waals surface area contributed by atoms with Gasteiger partial charge in [0.15, 0.2) is 0 Å². The van der Waals surface area contributed by atoms with Crippen LogP contribution in [0.5, 0.6) is 0 Å². The molecule has 27 heavy (non-hydrogen) atoms. The van der Waals surface area contributed by atoms with Gasteiger partial charge in [-0.15, -0.1) is 0 Å². The van der Waals surface area contributed by atoms with Crippen molar-refractivity contribution in [2.24, 2.45) is 0 Å². The quantitative estimate of drug-likeness (QED) is 0.688. The minimum atomic E-state index is -0.982. The van der Waals surface area contributed by atoms with Crippen molar-refractivity contribution in [3.63, 3.8) is 0 Å². The summed E-state index contributed by atoms with van der Waals surface area (Å²) < 4.78 is 31.7. The van der Waals surface area contributed by atoms with Crippen molar-refractivity contribution >= 4 is 33.8 Å². The summed E-state index contributed by atoms with van der Waals surface area (Å²) in [4.78, 5) is 2.24. The summed E-state index contributed by atoms with van der Waals surface area (Å²) in [5, 5.41) is 12.4. The first-order valence-corrected chi connectivity index (χ1v) is 9.92. The average molecular weight is 391 g/mol. The van der Waals surface area contributed by atoms with Crippen LogP contribution in [0.15, 0.2) is 36.4 Å². The maximum Gasteiger partial charge on any atom is 0.123 e. The number of benzene rings is 2. The predicted molar refractivity (Wildman–Crippen MR) is 107 cm³/mol. The van der Waals surface area contributed by atoms with Crippen molar-refractivity contribution in [1.82, 2.24) is 13.8 Å². The van der Waals surface area contributed by atoms with E-state index in [-0.39, 0.29) is 11.6 Å². The average Bonchev–Trinajstić information content (AvgIpc) is 2.89. The van der Waals surface area contributed by atoms with Gasteiger partial charge in [-0.1, -0.05) is 11.9 Å². The summed E-state index contributed by atoms with van der Waals surface area (Å²) in [6.45, 7) is 4.54. The highest BCUT2D eigenvalue weighted by Gasteiger charge is 2.28. The van der Waals surface area contributed by atoms with Gasteiger partial charge in [-0.05, 0) is 50.4 Å². The molecule has 3 aromatic rings. The smallest absolute Gasteiger partial charge is 0.123 e. The Morgan fingerprint density at radius 3 is 2.11 bits per heavy atom. The van der Waals surface area contributed by atoms with E-state index in [1.165, 1.54) is 24.3 Å². The third kappa shape index (κ3) is 3.82. The van der Waals surface area contributed by atoms with Gasteiger partial charge >= 0.3 is 0 Å². The van der Waals surface area contributed by atoms with E-state index in [1.807, 2.05) is 11.5 Å². The molecule has 1 aromatic heterocycles. The lowest BCUT2D eigenvalue weighted by molar-refractivity contribution is 0.0259. The Kier molecular flexibility index (Phi) is 4.88. The molecule has 0 amide bonds. The minimum Gasteiger partial charge on any atom is -0.387 e. The molecule has 144 valence electrons. The van der Waals surface area contributed by atoms with Gasteiger partial charge in [0.2, 0.25) is 0 Å². The maximum atomic E-state index is 13.8. The molecule has 0 aliphatic carbocycles. The molecule has 2 heterocycles. The van der Waals surface area contributed by atoms with Gasteiger partial charge < -0.3 is 9.67 Å². The standard InChI is InChI=1S/C20H23F2N3OS/c1-20(26,11-24-8-7-23(2)13-27-24)12-25-18-5-3-14(21)9-16(18)17-10-15(22)4-6-19(17)25/h3-6,9-10,26H,7-8,11-13H2,1-2H3. The number of rotatable bonds is 4. The molecule has 2 aromatic carbocycles. The van der Waals surface area contributed by atoms with Gasteiger partial charge in [0, 0.05) is 41.4 Å². The zero-order chi connectivity index (χ0) is 19.2. The molecule has 1 unspecified atom stereocenters. The van der Waals surface area contributed by atoms with Gasteiger partial charge in [0.25, 0.3) is 0 Å². The summed E-state index contributed by atoms with van der Waals surface area (Å²) in [7, 11) is 2.08. The Morgan fingerprint density at radius 2 is 1.59 bits per heavy atom. The highest BCUT2D eigenvalue weighted by molar-refractivity contribution is 7.97. The highest BCUT2D eigenvalue weighted by atomic mass is 32.2. The van der Waals surface area contributed by atoms with Crippen LogP contribution in [0.4, 0.5) is 8.78 Å². The molecule has 0 radical (unpaired) electrons. The fourth-order valence-electron chi connectivity index (χ4n) is 3.71. The van der Waals surface area contributed by atoms with Crippen molar-refractivity contribution in [3.8, 4) is 0 Å². The lowest BCUT2D eigenvalue weighted by Crippen LogP contribution is -2.46. The second-order valence-corrected chi connectivity index (χ2v) is 8.64. The van der Waals surface area contributed by atoms with Gasteiger partial charge in [0.1, 0.15) is 11.6 Å². The van der Waals surface area contributed by atoms with Crippen molar-refractivity contribution < 1.29 is 13.9 Å². The van der Waals surface area contributed by atoms with Crippen LogP contribution in [0, 0.1) is 11.6 Å². The largest absolute Gasteiger partial charge is 0.387 e. The third-order valence-corrected chi connectivity index (χ3v) is 6.23. The fraction of sp³-hybridized carbons (Fsp3) is 0.400. The number of aliphatic hydroxyl groups is 1. The van der Waals surface area contributed by atoms with E-state index in [1.54, 1.807) is 24.1 Å². The molecule has 0 spiro atoms. The molecular formula is C20H23F2N3OS. The van der Waals surface area contributed by atoms with E-state index in [9.17, 15) is 13.9 Å². The molecule has 0 bridgehead atoms. The summed E-state index contributed by atoms with van der Waals surface area (Å²) >= 11 is 1.71. The van der Waals surface area contributed by atoms with E-state index in [0.29, 0.717) is 23.9 Å². The lowest BCUT2D eigenvalue weighted by Gasteiger charge is -2.36. The molecule has 0 saturated carbocycles. The molecule has 1 N–H and O–H groups in total. The van der Waals surface area contributed by atoms with Crippen molar-refractivity contribution in [3.05, 3.63) is 48.0 Å². The topological polar surface area (TPSA) is 31.6 Å². The SMILES string of the molecule is CN1CCN(CC(C)(O)Cn2c3ccc(F)cc3c3cc(F)ccc32)SC1. The van der Waals surface area contributed by atoms with Gasteiger partial charge in [0.05, 0.1) is 18.0 Å². The van der Waals surface area contributed by atoms with Crippen LogP contribution in [-0.4, -0.2) is 57.0 Å². The molecule has 1 aliphatic heterocycles. The number of hydrogen-bond acceptors (Lipinski definition) is 4. The number of aromatic nitrogens is 1. The summed E-state index contributed by atoms with van der Waals surface area (Å²) in [6, 6.07) is 9.06. The summed E-state index contributed by atoms with van der Waals surface area (Å²) in [5.74, 6) is 0.196. The number of nitrogens with zero attached hydrogens (tertiary/aromatic N) is 3. The number of likely N-dealkylation sites (N-methyl/N-ethyl adjacent to an activating group) is 1. The predicted octanol–water partition coefficient (Wildman–Crippen LogP) is 3.68. The first kappa shape index (κ1) is 18.7. The van der Waals surface area contributed by atoms with Gasteiger partial charge in [-0.3, -0.25) is 4.90 Å². The molecule has 1 aliphatic rings. The Morgan fingerprint density at radius 1 is 1.00 bits per heavy atom. The Balaban J connectivity index is 1.69. The van der Waals surface area contributed by atoms with Crippen LogP contribution in [0.2, 0.25) is 0 Å². The molecule has 4 nitrogen and oxygen atoms in total. The first-order chi connectivity index (χ1) is 12.8. The molecule has 1 fully saturated rings. The lowest BCUT2D eigenvalue weighted by atomic mass is 10.1. The number of fused-ring (bicyclic) bond motifs is 3. The van der Waals surface area contributed by atoms with E-state index in [4.69, 9.17) is 0 Å². The zero-order valence-corrected chi connectivity index (χ0v) is 16.3. The first-order valence-electron chi connectivity index (χ1n) is 8.98. The minimum absolute atomic E-state index is 0.344. The zero-order valence-electron chi connectivity index (χ0n) is 15.5. The second kappa shape index (κ2) is 7.05. The van der Waals surface area contributed by atoms with E-state index >= 15 is 0 Å². The van der Waals surface area contributed by atoms with Crippen LogP contribution < -0.4 is 0 Å². The Bertz CT molecular complexity index is 921. The molecular weight excluding hydrogens is 368 g/mol.